The number of Topliss-reactive ketones (excluding diaryl/α,β-unsaturated/α-hetero) is 1. The normalized spacial score (nSPS) is 27.7. The second-order valence-electron chi connectivity index (χ2n) is 11.5. The molecular formula is C30H35ClN2O10S. The van der Waals surface area contributed by atoms with Crippen LogP contribution in [-0.2, 0) is 47.7 Å². The molecule has 0 radical (unpaired) electrons. The first-order valence-corrected chi connectivity index (χ1v) is 15.2. The molecule has 0 aromatic heterocycles. The highest BCUT2D eigenvalue weighted by Crippen LogP contribution is 2.45. The van der Waals surface area contributed by atoms with E-state index in [2.05, 4.69) is 5.32 Å². The molecule has 0 saturated carbocycles. The lowest BCUT2D eigenvalue weighted by atomic mass is 9.73. The Bertz CT molecular complexity index is 1390. The fraction of sp³-hybridized carbons (Fsp3) is 0.533. The number of hydrogen-bond donors (Lipinski definition) is 1. The lowest BCUT2D eigenvalue weighted by Gasteiger charge is -2.44. The smallest absolute Gasteiger partial charge is 0.303 e. The van der Waals surface area contributed by atoms with Gasteiger partial charge in [0.05, 0.1) is 0 Å². The molecule has 2 heterocycles. The quantitative estimate of drug-likeness (QED) is 0.337. The van der Waals surface area contributed by atoms with Crippen molar-refractivity contribution in [1.29, 1.82) is 0 Å². The first-order chi connectivity index (χ1) is 20.6. The Balaban J connectivity index is 1.75. The van der Waals surface area contributed by atoms with E-state index in [1.165, 1.54) is 13.8 Å². The van der Waals surface area contributed by atoms with Crippen LogP contribution in [0.4, 0.5) is 0 Å². The van der Waals surface area contributed by atoms with Crippen LogP contribution in [0.2, 0.25) is 5.02 Å². The number of halogens is 1. The van der Waals surface area contributed by atoms with Gasteiger partial charge in [-0.1, -0.05) is 49.3 Å². The predicted molar refractivity (Wildman–Crippen MR) is 159 cm³/mol. The maximum Gasteiger partial charge on any atom is 0.303 e. The number of nitrogens with one attached hydrogen (secondary N) is 1. The van der Waals surface area contributed by atoms with Crippen LogP contribution in [0.5, 0.6) is 0 Å². The summed E-state index contributed by atoms with van der Waals surface area (Å²) < 4.78 is 28.0. The molecule has 238 valence electrons. The molecule has 1 saturated heterocycles. The molecule has 4 rings (SSSR count). The van der Waals surface area contributed by atoms with Crippen molar-refractivity contribution in [2.45, 2.75) is 90.3 Å². The molecule has 0 spiro atoms. The Labute approximate surface area is 264 Å². The maximum absolute atomic E-state index is 13.4. The fourth-order valence-electron chi connectivity index (χ4n) is 5.45. The maximum atomic E-state index is 13.4. The van der Waals surface area contributed by atoms with E-state index in [0.717, 1.165) is 31.2 Å². The number of benzene rings is 1. The number of thioether (sulfide) groups is 1. The minimum atomic E-state index is -1.31. The molecule has 1 unspecified atom stereocenters. The van der Waals surface area contributed by atoms with Crippen molar-refractivity contribution in [1.82, 2.24) is 5.32 Å². The topological polar surface area (TPSA) is 156 Å². The van der Waals surface area contributed by atoms with Crippen LogP contribution in [0.25, 0.3) is 0 Å². The molecular weight excluding hydrogens is 616 g/mol. The van der Waals surface area contributed by atoms with E-state index in [1.54, 1.807) is 24.3 Å². The van der Waals surface area contributed by atoms with E-state index >= 15 is 0 Å². The number of esters is 4. The monoisotopic (exact) mass is 650 g/mol. The number of hydrogen-bond acceptors (Lipinski definition) is 13. The summed E-state index contributed by atoms with van der Waals surface area (Å²) in [6, 6.07) is 6.39. The molecule has 1 aromatic rings. The number of ether oxygens (including phenoxy) is 5. The van der Waals surface area contributed by atoms with Gasteiger partial charge in [-0.15, -0.1) is 0 Å². The number of ketones is 1. The van der Waals surface area contributed by atoms with Crippen LogP contribution < -0.4 is 5.32 Å². The Morgan fingerprint density at radius 1 is 0.932 bits per heavy atom. The first-order valence-electron chi connectivity index (χ1n) is 14.0. The molecule has 6 atom stereocenters. The number of amidine groups is 1. The van der Waals surface area contributed by atoms with E-state index in [9.17, 15) is 24.0 Å². The van der Waals surface area contributed by atoms with Gasteiger partial charge < -0.3 is 29.0 Å². The average Bonchev–Trinajstić information content (AvgIpc) is 2.89. The van der Waals surface area contributed by atoms with Gasteiger partial charge in [0.2, 0.25) is 0 Å². The standard InChI is InChI=1S/C30H35ClN2O10S/c1-14(34)39-13-22-25(40-15(2)35)26(41-16(3)36)27(42-17(4)37)28(43-22)44-29-32-20-11-30(5,6)12-21(38)23(20)24(33-29)18-7-9-19(31)10-8-18/h7-10,22,24-28H,11-13H2,1-6H3,(H,32,33)/t22-,24?,25-,26+,27-,28+/m1/s1. The lowest BCUT2D eigenvalue weighted by Crippen LogP contribution is -2.62. The van der Waals surface area contributed by atoms with Gasteiger partial charge in [-0.3, -0.25) is 24.0 Å². The molecule has 1 fully saturated rings. The second-order valence-corrected chi connectivity index (χ2v) is 13.1. The molecule has 3 aliphatic rings. The second kappa shape index (κ2) is 13.7. The highest BCUT2D eigenvalue weighted by atomic mass is 35.5. The van der Waals surface area contributed by atoms with Crippen LogP contribution in [0, 0.1) is 5.41 Å². The number of allylic oxidation sites excluding steroid dienone is 1. The number of aliphatic imine (C=N–C) groups is 1. The van der Waals surface area contributed by atoms with Gasteiger partial charge >= 0.3 is 23.9 Å². The van der Waals surface area contributed by atoms with Gasteiger partial charge in [0, 0.05) is 50.4 Å². The summed E-state index contributed by atoms with van der Waals surface area (Å²) in [5.41, 5.74) is 0.611. The molecule has 1 aliphatic carbocycles. The van der Waals surface area contributed by atoms with Gasteiger partial charge in [-0.25, -0.2) is 4.99 Å². The zero-order valence-corrected chi connectivity index (χ0v) is 26.8. The number of carbonyl (C=O) groups excluding carboxylic acids is 5. The largest absolute Gasteiger partial charge is 0.463 e. The van der Waals surface area contributed by atoms with Crippen molar-refractivity contribution in [3.05, 3.63) is 46.1 Å². The molecule has 2 aliphatic heterocycles. The van der Waals surface area contributed by atoms with Crippen molar-refractivity contribution in [3.63, 3.8) is 0 Å². The van der Waals surface area contributed by atoms with Gasteiger partial charge in [-0.05, 0) is 29.5 Å². The summed E-state index contributed by atoms with van der Waals surface area (Å²) in [4.78, 5) is 66.4. The lowest BCUT2D eigenvalue weighted by molar-refractivity contribution is -0.237. The van der Waals surface area contributed by atoms with Crippen LogP contribution in [0.3, 0.4) is 0 Å². The third kappa shape index (κ3) is 8.19. The van der Waals surface area contributed by atoms with Crippen LogP contribution >= 0.6 is 23.4 Å². The number of rotatable bonds is 7. The predicted octanol–water partition coefficient (Wildman–Crippen LogP) is 3.80. The van der Waals surface area contributed by atoms with E-state index in [0.29, 0.717) is 34.3 Å². The molecule has 0 bridgehead atoms. The van der Waals surface area contributed by atoms with Crippen LogP contribution in [-0.4, -0.2) is 71.3 Å². The zero-order valence-electron chi connectivity index (χ0n) is 25.2. The minimum Gasteiger partial charge on any atom is -0.463 e. The number of carbonyl (C=O) groups is 5. The molecule has 44 heavy (non-hydrogen) atoms. The summed E-state index contributed by atoms with van der Waals surface area (Å²) in [5, 5.41) is 4.16. The Morgan fingerprint density at radius 3 is 2.11 bits per heavy atom. The van der Waals surface area contributed by atoms with Crippen LogP contribution in [0.1, 0.15) is 66.0 Å². The summed E-state index contributed by atoms with van der Waals surface area (Å²) in [6.07, 6.45) is -4.03. The number of nitrogens with zero attached hydrogens (tertiary/aromatic N) is 1. The Morgan fingerprint density at radius 2 is 1.52 bits per heavy atom. The van der Waals surface area contributed by atoms with Gasteiger partial charge in [-0.2, -0.15) is 0 Å². The van der Waals surface area contributed by atoms with Crippen molar-refractivity contribution < 1.29 is 47.7 Å². The third-order valence-corrected chi connectivity index (χ3v) is 8.35. The molecule has 14 heteroatoms. The zero-order chi connectivity index (χ0) is 32.3. The van der Waals surface area contributed by atoms with Gasteiger partial charge in [0.25, 0.3) is 0 Å². The fourth-order valence-corrected chi connectivity index (χ4v) is 6.68. The summed E-state index contributed by atoms with van der Waals surface area (Å²) in [6.45, 7) is 8.37. The van der Waals surface area contributed by atoms with Crippen molar-refractivity contribution >= 4 is 58.2 Å². The van der Waals surface area contributed by atoms with Crippen molar-refractivity contribution in [2.24, 2.45) is 10.4 Å². The van der Waals surface area contributed by atoms with Gasteiger partial charge in [0.1, 0.15) is 18.8 Å². The highest BCUT2D eigenvalue weighted by Gasteiger charge is 2.53. The Kier molecular flexibility index (Phi) is 10.4. The third-order valence-electron chi connectivity index (χ3n) is 7.06. The van der Waals surface area contributed by atoms with Crippen molar-refractivity contribution in [3.8, 4) is 0 Å². The summed E-state index contributed by atoms with van der Waals surface area (Å²) in [7, 11) is 0. The van der Waals surface area contributed by atoms with Crippen molar-refractivity contribution in [2.75, 3.05) is 6.61 Å². The average molecular weight is 651 g/mol. The summed E-state index contributed by atoms with van der Waals surface area (Å²) in [5.74, 6) is -2.79. The van der Waals surface area contributed by atoms with Gasteiger partial charge in [0.15, 0.2) is 34.7 Å². The SMILES string of the molecule is CC(=O)OC[C@H]1O[C@@H](SC2=NC(c3ccc(Cl)cc3)C3=C(CC(C)(C)CC3=O)N2)[C@H](OC(C)=O)[C@@H](OC(C)=O)[C@@H]1OC(C)=O. The molecule has 0 amide bonds. The molecule has 1 aromatic carbocycles. The Hall–Kier alpha value is -3.42. The minimum absolute atomic E-state index is 0.0243. The van der Waals surface area contributed by atoms with E-state index < -0.39 is 59.8 Å². The van der Waals surface area contributed by atoms with E-state index in [-0.39, 0.29) is 17.8 Å². The highest BCUT2D eigenvalue weighted by molar-refractivity contribution is 8.14. The molecule has 1 N–H and O–H groups in total. The van der Waals surface area contributed by atoms with E-state index in [4.69, 9.17) is 40.3 Å². The van der Waals surface area contributed by atoms with Crippen LogP contribution in [0.15, 0.2) is 40.5 Å². The van der Waals surface area contributed by atoms with E-state index in [1.807, 2.05) is 13.8 Å². The summed E-state index contributed by atoms with van der Waals surface area (Å²) >= 11 is 7.17. The first kappa shape index (κ1) is 33.5. The molecule has 12 nitrogen and oxygen atoms in total.